The Kier molecular flexibility index (Phi) is 4.33. The lowest BCUT2D eigenvalue weighted by molar-refractivity contribution is 0.0293. The summed E-state index contributed by atoms with van der Waals surface area (Å²) in [5.41, 5.74) is 2.41. The van der Waals surface area contributed by atoms with Crippen molar-refractivity contribution in [2.24, 2.45) is 7.05 Å². The third-order valence-corrected chi connectivity index (χ3v) is 4.22. The van der Waals surface area contributed by atoms with Crippen LogP contribution in [0.15, 0.2) is 0 Å². The van der Waals surface area contributed by atoms with Crippen LogP contribution in [0.5, 0.6) is 0 Å². The van der Waals surface area contributed by atoms with Gasteiger partial charge in [-0.05, 0) is 20.3 Å². The molecule has 1 aliphatic heterocycles. The van der Waals surface area contributed by atoms with Gasteiger partial charge in [-0.25, -0.2) is 0 Å². The monoisotopic (exact) mass is 315 g/mol. The van der Waals surface area contributed by atoms with Gasteiger partial charge >= 0.3 is 0 Å². The van der Waals surface area contributed by atoms with Gasteiger partial charge < -0.3 is 9.64 Å². The van der Waals surface area contributed by atoms with Crippen molar-refractivity contribution < 1.29 is 4.74 Å². The van der Waals surface area contributed by atoms with E-state index < -0.39 is 0 Å². The summed E-state index contributed by atoms with van der Waals surface area (Å²) in [6, 6.07) is 0.453. The predicted octanol–water partition coefficient (Wildman–Crippen LogP) is 2.63. The first-order chi connectivity index (χ1) is 8.58. The van der Waals surface area contributed by atoms with E-state index in [4.69, 9.17) is 4.74 Å². The largest absolute Gasteiger partial charge is 0.375 e. The molecule has 1 fully saturated rings. The summed E-state index contributed by atoms with van der Waals surface area (Å²) in [5, 5.41) is 5.41. The molecule has 2 atom stereocenters. The van der Waals surface area contributed by atoms with Crippen molar-refractivity contribution in [1.82, 2.24) is 9.78 Å². The molecule has 1 aliphatic rings. The zero-order valence-corrected chi connectivity index (χ0v) is 13.2. The third-order valence-electron chi connectivity index (χ3n) is 3.66. The highest BCUT2D eigenvalue weighted by Crippen LogP contribution is 2.30. The Morgan fingerprint density at radius 1 is 1.50 bits per heavy atom. The smallest absolute Gasteiger partial charge is 0.131 e. The molecule has 18 heavy (non-hydrogen) atoms. The number of anilines is 1. The van der Waals surface area contributed by atoms with Crippen molar-refractivity contribution in [2.75, 3.05) is 18.1 Å². The van der Waals surface area contributed by atoms with Crippen LogP contribution in [0.3, 0.4) is 0 Å². The van der Waals surface area contributed by atoms with Gasteiger partial charge in [-0.3, -0.25) is 4.68 Å². The normalized spacial score (nSPS) is 24.6. The van der Waals surface area contributed by atoms with E-state index in [-0.39, 0.29) is 6.10 Å². The maximum absolute atomic E-state index is 5.77. The van der Waals surface area contributed by atoms with Crippen molar-refractivity contribution in [2.45, 2.75) is 44.7 Å². The second kappa shape index (κ2) is 5.61. The molecule has 0 amide bonds. The third kappa shape index (κ3) is 2.43. The van der Waals surface area contributed by atoms with Crippen molar-refractivity contribution in [1.29, 1.82) is 0 Å². The fourth-order valence-corrected chi connectivity index (χ4v) is 3.30. The quantitative estimate of drug-likeness (QED) is 0.803. The molecule has 1 aromatic rings. The molecule has 2 rings (SSSR count). The minimum atomic E-state index is 0.284. The predicted molar refractivity (Wildman–Crippen MR) is 77.4 cm³/mol. The molecule has 102 valence electrons. The van der Waals surface area contributed by atoms with Gasteiger partial charge in [0.15, 0.2) is 0 Å². The van der Waals surface area contributed by atoms with E-state index >= 15 is 0 Å². The Bertz CT molecular complexity index is 419. The topological polar surface area (TPSA) is 30.3 Å². The SMILES string of the molecule is CCC1COC(C)CN1c1c(CBr)c(C)nn1C. The molecule has 2 heterocycles. The summed E-state index contributed by atoms with van der Waals surface area (Å²) in [6.45, 7) is 8.18. The second-order valence-electron chi connectivity index (χ2n) is 5.00. The van der Waals surface area contributed by atoms with Gasteiger partial charge in [0.2, 0.25) is 0 Å². The molecule has 0 radical (unpaired) electrons. The number of morpholine rings is 1. The van der Waals surface area contributed by atoms with Crippen LogP contribution < -0.4 is 4.90 Å². The van der Waals surface area contributed by atoms with Crippen molar-refractivity contribution in [3.8, 4) is 0 Å². The van der Waals surface area contributed by atoms with Crippen LogP contribution in [0.1, 0.15) is 31.5 Å². The molecule has 4 nitrogen and oxygen atoms in total. The number of aryl methyl sites for hydroxylation is 2. The lowest BCUT2D eigenvalue weighted by Crippen LogP contribution is -2.49. The molecular weight excluding hydrogens is 294 g/mol. The highest BCUT2D eigenvalue weighted by atomic mass is 79.9. The number of hydrogen-bond acceptors (Lipinski definition) is 3. The molecule has 0 bridgehead atoms. The molecule has 1 aromatic heterocycles. The Morgan fingerprint density at radius 2 is 2.22 bits per heavy atom. The van der Waals surface area contributed by atoms with Crippen LogP contribution >= 0.6 is 15.9 Å². The average Bonchev–Trinajstić information content (AvgIpc) is 2.63. The van der Waals surface area contributed by atoms with E-state index in [0.717, 1.165) is 30.6 Å². The highest BCUT2D eigenvalue weighted by molar-refractivity contribution is 9.08. The Hall–Kier alpha value is -0.550. The molecule has 0 spiro atoms. The van der Waals surface area contributed by atoms with Gasteiger partial charge in [-0.2, -0.15) is 5.10 Å². The average molecular weight is 316 g/mol. The first kappa shape index (κ1) is 13.9. The van der Waals surface area contributed by atoms with Gasteiger partial charge in [0, 0.05) is 24.5 Å². The molecule has 5 heteroatoms. The number of rotatable bonds is 3. The molecular formula is C13H22BrN3O. The first-order valence-corrected chi connectivity index (χ1v) is 7.67. The number of ether oxygens (including phenoxy) is 1. The van der Waals surface area contributed by atoms with Gasteiger partial charge in [0.1, 0.15) is 5.82 Å². The fraction of sp³-hybridized carbons (Fsp3) is 0.769. The summed E-state index contributed by atoms with van der Waals surface area (Å²) in [4.78, 5) is 2.46. The molecule has 1 saturated heterocycles. The van der Waals surface area contributed by atoms with E-state index in [1.165, 1.54) is 11.4 Å². The van der Waals surface area contributed by atoms with Crippen LogP contribution in [0, 0.1) is 6.92 Å². The van der Waals surface area contributed by atoms with Gasteiger partial charge in [-0.15, -0.1) is 0 Å². The van der Waals surface area contributed by atoms with Gasteiger partial charge in [-0.1, -0.05) is 22.9 Å². The number of aromatic nitrogens is 2. The number of nitrogens with zero attached hydrogens (tertiary/aromatic N) is 3. The zero-order valence-electron chi connectivity index (χ0n) is 11.6. The lowest BCUT2D eigenvalue weighted by Gasteiger charge is -2.40. The molecule has 0 aliphatic carbocycles. The van der Waals surface area contributed by atoms with Crippen LogP contribution in [0.4, 0.5) is 5.82 Å². The van der Waals surface area contributed by atoms with Crippen LogP contribution in [-0.2, 0) is 17.1 Å². The maximum Gasteiger partial charge on any atom is 0.131 e. The lowest BCUT2D eigenvalue weighted by atomic mass is 10.1. The standard InChI is InChI=1S/C13H22BrN3O/c1-5-11-8-18-9(2)7-17(11)13-12(6-14)10(3)15-16(13)4/h9,11H,5-8H2,1-4H3. The second-order valence-corrected chi connectivity index (χ2v) is 5.56. The first-order valence-electron chi connectivity index (χ1n) is 6.55. The molecule has 0 N–H and O–H groups in total. The molecule has 0 saturated carbocycles. The van der Waals surface area contributed by atoms with Gasteiger partial charge in [0.25, 0.3) is 0 Å². The summed E-state index contributed by atoms with van der Waals surface area (Å²) in [5.74, 6) is 1.24. The minimum absolute atomic E-state index is 0.284. The van der Waals surface area contributed by atoms with E-state index in [9.17, 15) is 0 Å². The highest BCUT2D eigenvalue weighted by Gasteiger charge is 2.30. The number of hydrogen-bond donors (Lipinski definition) is 0. The van der Waals surface area contributed by atoms with E-state index in [1.54, 1.807) is 0 Å². The summed E-state index contributed by atoms with van der Waals surface area (Å²) in [7, 11) is 2.03. The number of alkyl halides is 1. The van der Waals surface area contributed by atoms with Crippen molar-refractivity contribution >= 4 is 21.7 Å². The van der Waals surface area contributed by atoms with E-state index in [2.05, 4.69) is 46.7 Å². The maximum atomic E-state index is 5.77. The van der Waals surface area contributed by atoms with Crippen LogP contribution in [-0.4, -0.2) is 35.1 Å². The molecule has 2 unspecified atom stereocenters. The number of halogens is 1. The molecule has 0 aromatic carbocycles. The van der Waals surface area contributed by atoms with E-state index in [0.29, 0.717) is 6.04 Å². The Morgan fingerprint density at radius 3 is 2.83 bits per heavy atom. The van der Waals surface area contributed by atoms with Gasteiger partial charge in [0.05, 0.1) is 24.4 Å². The summed E-state index contributed by atoms with van der Waals surface area (Å²) < 4.78 is 7.78. The van der Waals surface area contributed by atoms with E-state index in [1.807, 2.05) is 11.7 Å². The van der Waals surface area contributed by atoms with Crippen LogP contribution in [0.2, 0.25) is 0 Å². The fourth-order valence-electron chi connectivity index (χ4n) is 2.65. The minimum Gasteiger partial charge on any atom is -0.375 e. The van der Waals surface area contributed by atoms with Crippen molar-refractivity contribution in [3.05, 3.63) is 11.3 Å². The Labute approximate surface area is 117 Å². The van der Waals surface area contributed by atoms with Crippen molar-refractivity contribution in [3.63, 3.8) is 0 Å². The summed E-state index contributed by atoms with van der Waals surface area (Å²) >= 11 is 3.58. The zero-order chi connectivity index (χ0) is 13.3. The Balaban J connectivity index is 2.38. The van der Waals surface area contributed by atoms with Crippen LogP contribution in [0.25, 0.3) is 0 Å². The summed E-state index contributed by atoms with van der Waals surface area (Å²) in [6.07, 6.45) is 1.38.